The van der Waals surface area contributed by atoms with E-state index in [2.05, 4.69) is 193 Å². The van der Waals surface area contributed by atoms with E-state index in [0.29, 0.717) is 0 Å². The van der Waals surface area contributed by atoms with Crippen LogP contribution in [0.4, 0.5) is 0 Å². The molecule has 5 heteroatoms. The molecule has 0 saturated heterocycles. The monoisotopic (exact) mass is 675 g/mol. The van der Waals surface area contributed by atoms with Crippen LogP contribution in [0, 0.1) is 0 Å². The second-order valence-electron chi connectivity index (χ2n) is 13.9. The fourth-order valence-corrected chi connectivity index (χ4v) is 8.93. The summed E-state index contributed by atoms with van der Waals surface area (Å²) in [6.45, 7) is -0.129. The van der Waals surface area contributed by atoms with Crippen LogP contribution < -0.4 is 42.3 Å². The molecule has 246 valence electrons. The number of nitrogens with zero attached hydrogens (tertiary/aromatic N) is 1. The van der Waals surface area contributed by atoms with Crippen molar-refractivity contribution in [3.8, 4) is 39.8 Å². The van der Waals surface area contributed by atoms with Gasteiger partial charge < -0.3 is 14.0 Å². The Labute approximate surface area is 308 Å². The third-order valence-corrected chi connectivity index (χ3v) is 11.1. The third-order valence-electron chi connectivity index (χ3n) is 11.1. The lowest BCUT2D eigenvalue weighted by atomic mass is 9.33. The maximum atomic E-state index is 6.62. The Balaban J connectivity index is 1.27. The summed E-state index contributed by atoms with van der Waals surface area (Å²) in [6.07, 6.45) is 0. The standard InChI is InChI=1S/C48H31B2NO2/c1-4-20-36(49-37-21-5-11-28-44(37)52-45-29-12-6-22-38(45)49)32(16-1)35-19-15-27-43(51-41-25-9-2-17-33(41)34-18-3-10-26-42(34)51)48(35)50-39-23-7-13-30-46(39)53-47-31-14-8-24-40(47)50/h1-31H. The molecule has 2 aliphatic rings. The van der Waals surface area contributed by atoms with E-state index in [9.17, 15) is 0 Å². The molecule has 0 aliphatic carbocycles. The van der Waals surface area contributed by atoms with Gasteiger partial charge in [-0.2, -0.15) is 0 Å². The van der Waals surface area contributed by atoms with Gasteiger partial charge in [0.2, 0.25) is 0 Å². The summed E-state index contributed by atoms with van der Waals surface area (Å²) < 4.78 is 15.6. The molecule has 0 fully saturated rings. The maximum absolute atomic E-state index is 6.62. The Morgan fingerprint density at radius 2 is 0.717 bits per heavy atom. The predicted molar refractivity (Wildman–Crippen MR) is 221 cm³/mol. The molecule has 0 radical (unpaired) electrons. The molecule has 0 bridgehead atoms. The second kappa shape index (κ2) is 11.9. The van der Waals surface area contributed by atoms with Gasteiger partial charge in [0.25, 0.3) is 13.4 Å². The molecule has 0 amide bonds. The SMILES string of the molecule is c1ccc2c(c1)Oc1ccccc1B2c1ccccc1-c1cccc(-n2c3ccccc3c3ccccc32)c1B1c2ccccc2Oc2ccccc21. The van der Waals surface area contributed by atoms with Gasteiger partial charge >= 0.3 is 0 Å². The zero-order valence-corrected chi connectivity index (χ0v) is 28.8. The molecule has 3 nitrogen and oxygen atoms in total. The first kappa shape index (κ1) is 30.0. The lowest BCUT2D eigenvalue weighted by molar-refractivity contribution is 0.487. The average Bonchev–Trinajstić information content (AvgIpc) is 3.56. The van der Waals surface area contributed by atoms with E-state index in [-0.39, 0.29) is 13.4 Å². The van der Waals surface area contributed by atoms with E-state index in [1.807, 2.05) is 0 Å². The van der Waals surface area contributed by atoms with Gasteiger partial charge in [0.05, 0.1) is 11.0 Å². The lowest BCUT2D eigenvalue weighted by Gasteiger charge is -2.31. The van der Waals surface area contributed by atoms with E-state index in [0.717, 1.165) is 39.6 Å². The molecule has 9 aromatic rings. The Morgan fingerprint density at radius 3 is 1.25 bits per heavy atom. The lowest BCUT2D eigenvalue weighted by Crippen LogP contribution is -2.57. The van der Waals surface area contributed by atoms with Gasteiger partial charge in [0.15, 0.2) is 0 Å². The minimum Gasteiger partial charge on any atom is -0.458 e. The van der Waals surface area contributed by atoms with Crippen LogP contribution in [-0.4, -0.2) is 18.0 Å². The summed E-state index contributed by atoms with van der Waals surface area (Å²) in [6, 6.07) is 67.4. The van der Waals surface area contributed by atoms with E-state index < -0.39 is 0 Å². The number of fused-ring (bicyclic) bond motifs is 7. The molecule has 8 aromatic carbocycles. The van der Waals surface area contributed by atoms with Crippen molar-refractivity contribution in [1.29, 1.82) is 0 Å². The zero-order chi connectivity index (χ0) is 34.9. The van der Waals surface area contributed by atoms with Gasteiger partial charge in [0.1, 0.15) is 23.0 Å². The minimum atomic E-state index is -0.107. The van der Waals surface area contributed by atoms with Gasteiger partial charge in [0, 0.05) is 16.5 Å². The van der Waals surface area contributed by atoms with Gasteiger partial charge in [-0.05, 0) is 80.9 Å². The largest absolute Gasteiger partial charge is 0.458 e. The molecular weight excluding hydrogens is 644 g/mol. The van der Waals surface area contributed by atoms with Crippen LogP contribution >= 0.6 is 0 Å². The van der Waals surface area contributed by atoms with Crippen molar-refractivity contribution >= 4 is 68.0 Å². The number of para-hydroxylation sites is 6. The molecule has 0 spiro atoms. The quantitative estimate of drug-likeness (QED) is 0.179. The van der Waals surface area contributed by atoms with Gasteiger partial charge in [-0.1, -0.05) is 151 Å². The highest BCUT2D eigenvalue weighted by Gasteiger charge is 2.38. The Hall–Kier alpha value is -6.71. The topological polar surface area (TPSA) is 23.4 Å². The van der Waals surface area contributed by atoms with E-state index in [1.165, 1.54) is 54.8 Å². The molecule has 11 rings (SSSR count). The summed E-state index contributed by atoms with van der Waals surface area (Å²) in [5.41, 5.74) is 13.0. The molecule has 53 heavy (non-hydrogen) atoms. The Kier molecular flexibility index (Phi) is 6.75. The highest BCUT2D eigenvalue weighted by Crippen LogP contribution is 2.34. The summed E-state index contributed by atoms with van der Waals surface area (Å²) in [7, 11) is 0. The molecule has 1 aromatic heterocycles. The first-order chi connectivity index (χ1) is 26.3. The minimum absolute atomic E-state index is 0.0219. The molecular formula is C48H31B2NO2. The fourth-order valence-electron chi connectivity index (χ4n) is 8.93. The highest BCUT2D eigenvalue weighted by molar-refractivity contribution is 6.99. The Bertz CT molecular complexity index is 2750. The smallest absolute Gasteiger partial charge is 0.254 e. The summed E-state index contributed by atoms with van der Waals surface area (Å²) in [5, 5.41) is 2.48. The van der Waals surface area contributed by atoms with Crippen LogP contribution in [0.15, 0.2) is 188 Å². The van der Waals surface area contributed by atoms with Crippen molar-refractivity contribution < 1.29 is 9.47 Å². The summed E-state index contributed by atoms with van der Waals surface area (Å²) in [4.78, 5) is 0. The molecule has 0 saturated carbocycles. The van der Waals surface area contributed by atoms with Crippen LogP contribution in [0.3, 0.4) is 0 Å². The molecule has 0 unspecified atom stereocenters. The predicted octanol–water partition coefficient (Wildman–Crippen LogP) is 7.69. The van der Waals surface area contributed by atoms with Crippen molar-refractivity contribution in [3.63, 3.8) is 0 Å². The van der Waals surface area contributed by atoms with Crippen LogP contribution in [0.2, 0.25) is 0 Å². The number of ether oxygens (including phenoxy) is 2. The normalized spacial score (nSPS) is 12.8. The summed E-state index contributed by atoms with van der Waals surface area (Å²) >= 11 is 0. The highest BCUT2D eigenvalue weighted by atomic mass is 16.5. The molecule has 3 heterocycles. The fraction of sp³-hybridized carbons (Fsp3) is 0. The van der Waals surface area contributed by atoms with Crippen molar-refractivity contribution in [1.82, 2.24) is 4.57 Å². The van der Waals surface area contributed by atoms with Crippen molar-refractivity contribution in [3.05, 3.63) is 188 Å². The number of aromatic nitrogens is 1. The van der Waals surface area contributed by atoms with Crippen LogP contribution in [0.1, 0.15) is 0 Å². The summed E-state index contributed by atoms with van der Waals surface area (Å²) in [5.74, 6) is 3.58. The first-order valence-electron chi connectivity index (χ1n) is 18.3. The number of rotatable bonds is 4. The third kappa shape index (κ3) is 4.57. The van der Waals surface area contributed by atoms with Gasteiger partial charge in [-0.3, -0.25) is 0 Å². The maximum Gasteiger partial charge on any atom is 0.254 e. The number of hydrogen-bond acceptors (Lipinski definition) is 2. The second-order valence-corrected chi connectivity index (χ2v) is 13.9. The van der Waals surface area contributed by atoms with Crippen molar-refractivity contribution in [2.24, 2.45) is 0 Å². The average molecular weight is 675 g/mol. The van der Waals surface area contributed by atoms with Crippen molar-refractivity contribution in [2.75, 3.05) is 0 Å². The van der Waals surface area contributed by atoms with Gasteiger partial charge in [-0.15, -0.1) is 0 Å². The van der Waals surface area contributed by atoms with E-state index in [1.54, 1.807) is 0 Å². The Morgan fingerprint density at radius 1 is 0.321 bits per heavy atom. The van der Waals surface area contributed by atoms with E-state index >= 15 is 0 Å². The van der Waals surface area contributed by atoms with Crippen molar-refractivity contribution in [2.45, 2.75) is 0 Å². The molecule has 2 aliphatic heterocycles. The zero-order valence-electron chi connectivity index (χ0n) is 28.8. The van der Waals surface area contributed by atoms with Crippen LogP contribution in [-0.2, 0) is 0 Å². The molecule has 0 N–H and O–H groups in total. The van der Waals surface area contributed by atoms with E-state index in [4.69, 9.17) is 9.47 Å². The van der Waals surface area contributed by atoms with Crippen LogP contribution in [0.5, 0.6) is 23.0 Å². The van der Waals surface area contributed by atoms with Crippen LogP contribution in [0.25, 0.3) is 38.6 Å². The van der Waals surface area contributed by atoms with Gasteiger partial charge in [-0.25, -0.2) is 0 Å². The number of hydrogen-bond donors (Lipinski definition) is 0. The first-order valence-corrected chi connectivity index (χ1v) is 18.3. The molecule has 0 atom stereocenters. The number of benzene rings is 8.